The third-order valence-corrected chi connectivity index (χ3v) is 3.83. The van der Waals surface area contributed by atoms with Crippen molar-refractivity contribution in [2.24, 2.45) is 0 Å². The average Bonchev–Trinajstić information content (AvgIpc) is 2.65. The van der Waals surface area contributed by atoms with Crippen LogP contribution in [0.1, 0.15) is 21.5 Å². The topological polar surface area (TPSA) is 63.2 Å². The van der Waals surface area contributed by atoms with E-state index >= 15 is 0 Å². The lowest BCUT2D eigenvalue weighted by Crippen LogP contribution is -2.08. The Labute approximate surface area is 147 Å². The second kappa shape index (κ2) is 8.28. The van der Waals surface area contributed by atoms with Crippen molar-refractivity contribution in [3.63, 3.8) is 0 Å². The summed E-state index contributed by atoms with van der Waals surface area (Å²) in [6.07, 6.45) is 0. The molecule has 0 fully saturated rings. The number of benzene rings is 2. The zero-order chi connectivity index (χ0) is 18.4. The Balaban J connectivity index is 2.17. The SMILES string of the molecule is COc1ccc(C(=O)OCc2cc(OC)c(OC)cc2C)c(OC)c1. The Hall–Kier alpha value is -2.89. The predicted octanol–water partition coefficient (Wildman–Crippen LogP) is 3.39. The van der Waals surface area contributed by atoms with Crippen LogP contribution in [-0.4, -0.2) is 34.4 Å². The highest BCUT2D eigenvalue weighted by atomic mass is 16.5. The van der Waals surface area contributed by atoms with Gasteiger partial charge in [-0.2, -0.15) is 0 Å². The van der Waals surface area contributed by atoms with Crippen molar-refractivity contribution >= 4 is 5.97 Å². The van der Waals surface area contributed by atoms with Gasteiger partial charge in [-0.25, -0.2) is 4.79 Å². The van der Waals surface area contributed by atoms with Crippen LogP contribution >= 0.6 is 0 Å². The molecule has 0 heterocycles. The number of esters is 1. The van der Waals surface area contributed by atoms with Crippen molar-refractivity contribution in [1.82, 2.24) is 0 Å². The summed E-state index contributed by atoms with van der Waals surface area (Å²) in [7, 11) is 6.18. The molecule has 0 saturated carbocycles. The first-order valence-electron chi connectivity index (χ1n) is 7.64. The van der Waals surface area contributed by atoms with Crippen molar-refractivity contribution in [1.29, 1.82) is 0 Å². The van der Waals surface area contributed by atoms with Crippen molar-refractivity contribution in [2.45, 2.75) is 13.5 Å². The van der Waals surface area contributed by atoms with Crippen LogP contribution in [0.15, 0.2) is 30.3 Å². The molecular weight excluding hydrogens is 324 g/mol. The molecular formula is C19H22O6. The molecule has 0 radical (unpaired) electrons. The van der Waals surface area contributed by atoms with Crippen molar-refractivity contribution in [3.05, 3.63) is 47.0 Å². The summed E-state index contributed by atoms with van der Waals surface area (Å²) in [5, 5.41) is 0. The van der Waals surface area contributed by atoms with Gasteiger partial charge in [0.2, 0.25) is 0 Å². The largest absolute Gasteiger partial charge is 0.497 e. The number of hydrogen-bond donors (Lipinski definition) is 0. The van der Waals surface area contributed by atoms with Gasteiger partial charge >= 0.3 is 5.97 Å². The normalized spacial score (nSPS) is 10.1. The van der Waals surface area contributed by atoms with Gasteiger partial charge in [0.1, 0.15) is 23.7 Å². The number of carbonyl (C=O) groups excluding carboxylic acids is 1. The molecule has 134 valence electrons. The molecule has 6 nitrogen and oxygen atoms in total. The van der Waals surface area contributed by atoms with Crippen LogP contribution in [0.4, 0.5) is 0 Å². The van der Waals surface area contributed by atoms with Crippen molar-refractivity contribution in [3.8, 4) is 23.0 Å². The summed E-state index contributed by atoms with van der Waals surface area (Å²) < 4.78 is 26.3. The Morgan fingerprint density at radius 2 is 1.48 bits per heavy atom. The first-order valence-corrected chi connectivity index (χ1v) is 7.64. The molecule has 2 aromatic carbocycles. The van der Waals surface area contributed by atoms with Gasteiger partial charge in [0.25, 0.3) is 0 Å². The third kappa shape index (κ3) is 4.15. The maximum absolute atomic E-state index is 12.4. The smallest absolute Gasteiger partial charge is 0.342 e. The van der Waals surface area contributed by atoms with E-state index in [1.807, 2.05) is 13.0 Å². The lowest BCUT2D eigenvalue weighted by atomic mass is 10.1. The van der Waals surface area contributed by atoms with Crippen LogP contribution in [0.2, 0.25) is 0 Å². The number of ether oxygens (including phenoxy) is 5. The van der Waals surface area contributed by atoms with E-state index in [2.05, 4.69) is 0 Å². The van der Waals surface area contributed by atoms with Gasteiger partial charge in [0.15, 0.2) is 11.5 Å². The van der Waals surface area contributed by atoms with E-state index in [0.717, 1.165) is 11.1 Å². The molecule has 0 saturated heterocycles. The van der Waals surface area contributed by atoms with Gasteiger partial charge in [0, 0.05) is 6.07 Å². The molecule has 0 aliphatic rings. The molecule has 0 bridgehead atoms. The molecule has 2 rings (SSSR count). The molecule has 0 unspecified atom stereocenters. The fraction of sp³-hybridized carbons (Fsp3) is 0.316. The first-order chi connectivity index (χ1) is 12.0. The fourth-order valence-corrected chi connectivity index (χ4v) is 2.37. The molecule has 0 aliphatic heterocycles. The fourth-order valence-electron chi connectivity index (χ4n) is 2.37. The molecule has 0 atom stereocenters. The minimum atomic E-state index is -0.478. The lowest BCUT2D eigenvalue weighted by Gasteiger charge is -2.14. The summed E-state index contributed by atoms with van der Waals surface area (Å²) >= 11 is 0. The van der Waals surface area contributed by atoms with E-state index in [-0.39, 0.29) is 6.61 Å². The highest BCUT2D eigenvalue weighted by Gasteiger charge is 2.16. The minimum absolute atomic E-state index is 0.111. The Bertz CT molecular complexity index is 754. The number of methoxy groups -OCH3 is 4. The molecule has 0 spiro atoms. The van der Waals surface area contributed by atoms with Crippen LogP contribution in [-0.2, 0) is 11.3 Å². The second-order valence-electron chi connectivity index (χ2n) is 5.28. The van der Waals surface area contributed by atoms with E-state index in [0.29, 0.717) is 28.6 Å². The second-order valence-corrected chi connectivity index (χ2v) is 5.28. The van der Waals surface area contributed by atoms with Crippen molar-refractivity contribution in [2.75, 3.05) is 28.4 Å². The molecule has 6 heteroatoms. The number of rotatable bonds is 7. The Morgan fingerprint density at radius 1 is 0.840 bits per heavy atom. The van der Waals surface area contributed by atoms with E-state index < -0.39 is 5.97 Å². The third-order valence-electron chi connectivity index (χ3n) is 3.83. The van der Waals surface area contributed by atoms with E-state index in [1.54, 1.807) is 45.6 Å². The maximum Gasteiger partial charge on any atom is 0.342 e. The van der Waals surface area contributed by atoms with Crippen LogP contribution in [0.3, 0.4) is 0 Å². The van der Waals surface area contributed by atoms with Gasteiger partial charge in [-0.1, -0.05) is 0 Å². The van der Waals surface area contributed by atoms with Crippen molar-refractivity contribution < 1.29 is 28.5 Å². The summed E-state index contributed by atoms with van der Waals surface area (Å²) in [5.41, 5.74) is 2.10. The standard InChI is InChI=1S/C19H22O6/c1-12-8-17(23-4)18(24-5)9-13(12)11-25-19(20)15-7-6-14(21-2)10-16(15)22-3/h6-10H,11H2,1-5H3. The number of carbonyl (C=O) groups is 1. The summed E-state index contributed by atoms with van der Waals surface area (Å²) in [4.78, 5) is 12.4. The van der Waals surface area contributed by atoms with Crippen LogP contribution < -0.4 is 18.9 Å². The first kappa shape index (κ1) is 18.4. The monoisotopic (exact) mass is 346 g/mol. The molecule has 0 aromatic heterocycles. The maximum atomic E-state index is 12.4. The number of hydrogen-bond acceptors (Lipinski definition) is 6. The molecule has 0 amide bonds. The summed E-state index contributed by atoms with van der Waals surface area (Å²) in [6, 6.07) is 8.57. The molecule has 2 aromatic rings. The minimum Gasteiger partial charge on any atom is -0.497 e. The Morgan fingerprint density at radius 3 is 2.08 bits per heavy atom. The highest BCUT2D eigenvalue weighted by Crippen LogP contribution is 2.31. The lowest BCUT2D eigenvalue weighted by molar-refractivity contribution is 0.0468. The molecule has 0 N–H and O–H groups in total. The van der Waals surface area contributed by atoms with E-state index in [9.17, 15) is 4.79 Å². The summed E-state index contributed by atoms with van der Waals surface area (Å²) in [6.45, 7) is 2.03. The van der Waals surface area contributed by atoms with Gasteiger partial charge in [-0.3, -0.25) is 0 Å². The zero-order valence-electron chi connectivity index (χ0n) is 15.0. The van der Waals surface area contributed by atoms with Crippen LogP contribution in [0, 0.1) is 6.92 Å². The average molecular weight is 346 g/mol. The number of aryl methyl sites for hydroxylation is 1. The van der Waals surface area contributed by atoms with Gasteiger partial charge in [-0.15, -0.1) is 0 Å². The zero-order valence-corrected chi connectivity index (χ0v) is 15.0. The van der Waals surface area contributed by atoms with Crippen LogP contribution in [0.25, 0.3) is 0 Å². The van der Waals surface area contributed by atoms with E-state index in [1.165, 1.54) is 7.11 Å². The van der Waals surface area contributed by atoms with Gasteiger partial charge < -0.3 is 23.7 Å². The van der Waals surface area contributed by atoms with Gasteiger partial charge in [0.05, 0.1) is 28.4 Å². The summed E-state index contributed by atoms with van der Waals surface area (Å²) in [5.74, 6) is 1.74. The van der Waals surface area contributed by atoms with Crippen LogP contribution in [0.5, 0.6) is 23.0 Å². The molecule has 25 heavy (non-hydrogen) atoms. The quantitative estimate of drug-likeness (QED) is 0.716. The Kier molecular flexibility index (Phi) is 6.11. The predicted molar refractivity (Wildman–Crippen MR) is 92.9 cm³/mol. The highest BCUT2D eigenvalue weighted by molar-refractivity contribution is 5.92. The van der Waals surface area contributed by atoms with Gasteiger partial charge in [-0.05, 0) is 42.3 Å². The van der Waals surface area contributed by atoms with E-state index in [4.69, 9.17) is 23.7 Å². The molecule has 0 aliphatic carbocycles.